The second-order valence-electron chi connectivity index (χ2n) is 7.88. The fraction of sp³-hybridized carbons (Fsp3) is 0.400. The maximum atomic E-state index is 13.8. The minimum atomic E-state index is -3.38. The molecule has 5 rings (SSSR count). The van der Waals surface area contributed by atoms with Crippen LogP contribution in [0.2, 0.25) is 0 Å². The van der Waals surface area contributed by atoms with Gasteiger partial charge in [-0.3, -0.25) is 14.2 Å². The molecule has 0 spiro atoms. The van der Waals surface area contributed by atoms with E-state index in [1.54, 1.807) is 21.7 Å². The van der Waals surface area contributed by atoms with Gasteiger partial charge in [-0.25, -0.2) is 12.8 Å². The Hall–Kier alpha value is -2.88. The topological polar surface area (TPSA) is 100 Å². The molecule has 0 atom stereocenters. The normalized spacial score (nSPS) is 16.7. The third-order valence-electron chi connectivity index (χ3n) is 5.69. The Morgan fingerprint density at radius 1 is 1.27 bits per heavy atom. The molecule has 2 N–H and O–H groups in total. The zero-order valence-corrected chi connectivity index (χ0v) is 17.3. The van der Waals surface area contributed by atoms with Crippen molar-refractivity contribution < 1.29 is 17.6 Å². The third-order valence-corrected chi connectivity index (χ3v) is 7.54. The Morgan fingerprint density at radius 3 is 2.80 bits per heavy atom. The van der Waals surface area contributed by atoms with E-state index < -0.39 is 10.0 Å². The molecule has 1 aliphatic carbocycles. The van der Waals surface area contributed by atoms with E-state index in [4.69, 9.17) is 0 Å². The van der Waals surface area contributed by atoms with Crippen molar-refractivity contribution in [3.8, 4) is 0 Å². The van der Waals surface area contributed by atoms with E-state index in [-0.39, 0.29) is 17.0 Å². The van der Waals surface area contributed by atoms with Crippen LogP contribution >= 0.6 is 0 Å². The first-order valence-corrected chi connectivity index (χ1v) is 11.6. The minimum absolute atomic E-state index is 0.179. The number of carbonyl (C=O) groups is 1. The number of fused-ring (bicyclic) bond motifs is 2. The lowest BCUT2D eigenvalue weighted by molar-refractivity contribution is 0.0701. The third kappa shape index (κ3) is 3.34. The number of benzene rings is 1. The standard InChI is InChI=1S/C20H22FN5O3S/c1-2-12-7-13(21)8-17-16(12)10-18(22-17)20(27)25-5-6-26-14(11-25)9-19(23-26)24-30(28,29)15-3-4-15/h7-10,15,22H,2-6,11H2,1H3,(H,23,24). The summed E-state index contributed by atoms with van der Waals surface area (Å²) in [5.74, 6) is -0.218. The number of rotatable bonds is 5. The summed E-state index contributed by atoms with van der Waals surface area (Å²) in [6, 6.07) is 6.34. The van der Waals surface area contributed by atoms with Gasteiger partial charge in [0.2, 0.25) is 10.0 Å². The van der Waals surface area contributed by atoms with Crippen LogP contribution in [0.15, 0.2) is 24.3 Å². The van der Waals surface area contributed by atoms with Crippen LogP contribution in [0.5, 0.6) is 0 Å². The Balaban J connectivity index is 1.37. The summed E-state index contributed by atoms with van der Waals surface area (Å²) in [5.41, 5.74) is 2.63. The number of nitrogens with one attached hydrogen (secondary N) is 2. The minimum Gasteiger partial charge on any atom is -0.350 e. The van der Waals surface area contributed by atoms with E-state index in [0.29, 0.717) is 55.9 Å². The summed E-state index contributed by atoms with van der Waals surface area (Å²) in [6.07, 6.45) is 2.03. The lowest BCUT2D eigenvalue weighted by Crippen LogP contribution is -2.38. The smallest absolute Gasteiger partial charge is 0.270 e. The highest BCUT2D eigenvalue weighted by molar-refractivity contribution is 7.93. The largest absolute Gasteiger partial charge is 0.350 e. The molecule has 0 unspecified atom stereocenters. The molecular weight excluding hydrogens is 409 g/mol. The summed E-state index contributed by atoms with van der Waals surface area (Å²) in [5, 5.41) is 4.84. The number of hydrogen-bond donors (Lipinski definition) is 2. The maximum Gasteiger partial charge on any atom is 0.270 e. The van der Waals surface area contributed by atoms with Crippen molar-refractivity contribution in [1.29, 1.82) is 0 Å². The Morgan fingerprint density at radius 2 is 2.07 bits per heavy atom. The number of aromatic amines is 1. The van der Waals surface area contributed by atoms with Gasteiger partial charge in [0.25, 0.3) is 5.91 Å². The first-order chi connectivity index (χ1) is 14.3. The van der Waals surface area contributed by atoms with Crippen LogP contribution in [0.3, 0.4) is 0 Å². The van der Waals surface area contributed by atoms with Gasteiger partial charge in [-0.15, -0.1) is 0 Å². The summed E-state index contributed by atoms with van der Waals surface area (Å²) < 4.78 is 42.4. The predicted molar refractivity (Wildman–Crippen MR) is 110 cm³/mol. The highest BCUT2D eigenvalue weighted by Crippen LogP contribution is 2.30. The predicted octanol–water partition coefficient (Wildman–Crippen LogP) is 2.63. The van der Waals surface area contributed by atoms with Crippen molar-refractivity contribution >= 4 is 32.7 Å². The van der Waals surface area contributed by atoms with Crippen LogP contribution in [0.4, 0.5) is 10.2 Å². The fourth-order valence-electron chi connectivity index (χ4n) is 3.95. The second kappa shape index (κ2) is 6.83. The lowest BCUT2D eigenvalue weighted by atomic mass is 10.1. The second-order valence-corrected chi connectivity index (χ2v) is 9.84. The van der Waals surface area contributed by atoms with Crippen LogP contribution in [0.1, 0.15) is 41.5 Å². The molecule has 0 radical (unpaired) electrons. The van der Waals surface area contributed by atoms with Crippen LogP contribution < -0.4 is 4.72 Å². The summed E-state index contributed by atoms with van der Waals surface area (Å²) >= 11 is 0. The number of halogens is 1. The number of sulfonamides is 1. The number of amides is 1. The summed E-state index contributed by atoms with van der Waals surface area (Å²) in [4.78, 5) is 17.8. The quantitative estimate of drug-likeness (QED) is 0.649. The van der Waals surface area contributed by atoms with Crippen molar-refractivity contribution in [2.45, 2.75) is 44.5 Å². The Labute approximate surface area is 173 Å². The molecule has 1 saturated carbocycles. The highest BCUT2D eigenvalue weighted by Gasteiger charge is 2.36. The van der Waals surface area contributed by atoms with Gasteiger partial charge in [0.15, 0.2) is 5.82 Å². The zero-order valence-electron chi connectivity index (χ0n) is 16.5. The average molecular weight is 431 g/mol. The molecule has 3 heterocycles. The van der Waals surface area contributed by atoms with Crippen molar-refractivity contribution in [3.63, 3.8) is 0 Å². The number of nitrogens with zero attached hydrogens (tertiary/aromatic N) is 3. The number of carbonyl (C=O) groups excluding carboxylic acids is 1. The van der Waals surface area contributed by atoms with E-state index >= 15 is 0 Å². The number of anilines is 1. The van der Waals surface area contributed by atoms with Gasteiger partial charge < -0.3 is 9.88 Å². The van der Waals surface area contributed by atoms with E-state index in [1.165, 1.54) is 12.1 Å². The van der Waals surface area contributed by atoms with Crippen molar-refractivity contribution in [3.05, 3.63) is 47.0 Å². The molecule has 30 heavy (non-hydrogen) atoms. The van der Waals surface area contributed by atoms with Crippen LogP contribution in [-0.2, 0) is 29.5 Å². The molecule has 10 heteroatoms. The molecule has 1 aromatic carbocycles. The molecule has 3 aromatic rings. The van der Waals surface area contributed by atoms with E-state index in [0.717, 1.165) is 16.6 Å². The Bertz CT molecular complexity index is 1260. The van der Waals surface area contributed by atoms with Crippen LogP contribution in [0.25, 0.3) is 10.9 Å². The van der Waals surface area contributed by atoms with Crippen molar-refractivity contribution in [2.24, 2.45) is 0 Å². The monoisotopic (exact) mass is 431 g/mol. The molecular formula is C20H22FN5O3S. The number of aryl methyl sites for hydroxylation is 1. The molecule has 2 aromatic heterocycles. The molecule has 8 nitrogen and oxygen atoms in total. The SMILES string of the molecule is CCc1cc(F)cc2[nH]c(C(=O)N3CCn4nc(NS(=O)(=O)C5CC5)cc4C3)cc12. The van der Waals surface area contributed by atoms with Gasteiger partial charge in [-0.1, -0.05) is 6.92 Å². The molecule has 2 aliphatic rings. The van der Waals surface area contributed by atoms with E-state index in [9.17, 15) is 17.6 Å². The molecule has 1 fully saturated rings. The van der Waals surface area contributed by atoms with Gasteiger partial charge in [0.1, 0.15) is 11.5 Å². The molecule has 0 saturated heterocycles. The first kappa shape index (κ1) is 19.1. The average Bonchev–Trinajstić information content (AvgIpc) is 3.38. The molecule has 0 bridgehead atoms. The van der Waals surface area contributed by atoms with E-state index in [2.05, 4.69) is 14.8 Å². The van der Waals surface area contributed by atoms with Crippen molar-refractivity contribution in [2.75, 3.05) is 11.3 Å². The summed E-state index contributed by atoms with van der Waals surface area (Å²) in [6.45, 7) is 3.19. The first-order valence-electron chi connectivity index (χ1n) is 10.0. The number of hydrogen-bond acceptors (Lipinski definition) is 4. The summed E-state index contributed by atoms with van der Waals surface area (Å²) in [7, 11) is -3.38. The number of H-pyrrole nitrogens is 1. The van der Waals surface area contributed by atoms with Gasteiger partial charge in [-0.05, 0) is 43.0 Å². The number of aromatic nitrogens is 3. The molecule has 158 valence electrons. The lowest BCUT2D eigenvalue weighted by Gasteiger charge is -2.27. The van der Waals surface area contributed by atoms with Crippen LogP contribution in [-0.4, -0.2) is 45.8 Å². The Kier molecular flexibility index (Phi) is 4.35. The molecule has 1 amide bonds. The van der Waals surface area contributed by atoms with Gasteiger partial charge in [0.05, 0.1) is 24.0 Å². The maximum absolute atomic E-state index is 13.8. The van der Waals surface area contributed by atoms with Gasteiger partial charge in [0, 0.05) is 23.5 Å². The van der Waals surface area contributed by atoms with Crippen molar-refractivity contribution in [1.82, 2.24) is 19.7 Å². The van der Waals surface area contributed by atoms with E-state index in [1.807, 2.05) is 6.92 Å². The van der Waals surface area contributed by atoms with Gasteiger partial charge >= 0.3 is 0 Å². The fourth-order valence-corrected chi connectivity index (χ4v) is 5.26. The highest BCUT2D eigenvalue weighted by atomic mass is 32.2. The molecule has 1 aliphatic heterocycles. The zero-order chi connectivity index (χ0) is 21.0. The van der Waals surface area contributed by atoms with Crippen LogP contribution in [0, 0.1) is 5.82 Å². The van der Waals surface area contributed by atoms with Gasteiger partial charge in [-0.2, -0.15) is 5.10 Å².